The van der Waals surface area contributed by atoms with Crippen LogP contribution in [-0.2, 0) is 4.74 Å². The Morgan fingerprint density at radius 2 is 1.91 bits per heavy atom. The third kappa shape index (κ3) is 3.14. The minimum Gasteiger partial charge on any atom is -0.372 e. The van der Waals surface area contributed by atoms with Crippen molar-refractivity contribution >= 4 is 29.0 Å². The van der Waals surface area contributed by atoms with Crippen molar-refractivity contribution in [3.63, 3.8) is 0 Å². The molecule has 2 heterocycles. The molecular formula is C15H16ClN3O2S. The van der Waals surface area contributed by atoms with E-state index >= 15 is 0 Å². The fourth-order valence-electron chi connectivity index (χ4n) is 2.61. The summed E-state index contributed by atoms with van der Waals surface area (Å²) in [5.41, 5.74) is 1.30. The molecule has 3 rings (SSSR count). The van der Waals surface area contributed by atoms with E-state index in [1.54, 1.807) is 17.0 Å². The Labute approximate surface area is 138 Å². The van der Waals surface area contributed by atoms with Crippen LogP contribution in [-0.4, -0.2) is 45.7 Å². The van der Waals surface area contributed by atoms with Crippen LogP contribution in [0.3, 0.4) is 0 Å². The van der Waals surface area contributed by atoms with Crippen molar-refractivity contribution in [3.05, 3.63) is 35.0 Å². The van der Waals surface area contributed by atoms with Crippen molar-refractivity contribution in [2.75, 3.05) is 13.1 Å². The Morgan fingerprint density at radius 1 is 1.27 bits per heavy atom. The van der Waals surface area contributed by atoms with Gasteiger partial charge in [-0.15, -0.1) is 5.10 Å². The number of morpholine rings is 1. The van der Waals surface area contributed by atoms with E-state index in [2.05, 4.69) is 9.59 Å². The molecule has 0 saturated carbocycles. The van der Waals surface area contributed by atoms with Gasteiger partial charge in [-0.2, -0.15) is 0 Å². The predicted octanol–water partition coefficient (Wildman–Crippen LogP) is 3.11. The van der Waals surface area contributed by atoms with Crippen LogP contribution in [0.1, 0.15) is 24.3 Å². The zero-order valence-electron chi connectivity index (χ0n) is 12.3. The van der Waals surface area contributed by atoms with Gasteiger partial charge in [0.15, 0.2) is 5.69 Å². The molecule has 2 atom stereocenters. The quantitative estimate of drug-likeness (QED) is 0.845. The monoisotopic (exact) mass is 337 g/mol. The van der Waals surface area contributed by atoms with Gasteiger partial charge in [0, 0.05) is 18.1 Å². The summed E-state index contributed by atoms with van der Waals surface area (Å²) in [4.78, 5) is 15.3. The van der Waals surface area contributed by atoms with Gasteiger partial charge < -0.3 is 9.64 Å². The molecule has 0 N–H and O–H groups in total. The molecule has 1 aromatic heterocycles. The van der Waals surface area contributed by atoms with E-state index in [1.165, 1.54) is 11.5 Å². The first-order chi connectivity index (χ1) is 10.5. The second-order valence-corrected chi connectivity index (χ2v) is 6.62. The van der Waals surface area contributed by atoms with Crippen LogP contribution >= 0.6 is 23.1 Å². The summed E-state index contributed by atoms with van der Waals surface area (Å²) >= 11 is 7.13. The minimum atomic E-state index is -0.0966. The predicted molar refractivity (Wildman–Crippen MR) is 86.3 cm³/mol. The summed E-state index contributed by atoms with van der Waals surface area (Å²) in [7, 11) is 0. The molecule has 1 amide bonds. The SMILES string of the molecule is C[C@H]1CN(C(=O)c2nnsc2-c2ccc(Cl)cc2)C[C@H](C)O1. The van der Waals surface area contributed by atoms with Gasteiger partial charge in [-0.3, -0.25) is 4.79 Å². The van der Waals surface area contributed by atoms with Gasteiger partial charge in [0.1, 0.15) is 0 Å². The highest BCUT2D eigenvalue weighted by atomic mass is 35.5. The number of nitrogens with zero attached hydrogens (tertiary/aromatic N) is 3. The number of aromatic nitrogens is 2. The lowest BCUT2D eigenvalue weighted by Crippen LogP contribution is -2.48. The lowest BCUT2D eigenvalue weighted by molar-refractivity contribution is -0.0587. The molecule has 0 aliphatic carbocycles. The number of amides is 1. The fourth-order valence-corrected chi connectivity index (χ4v) is 3.40. The molecule has 0 radical (unpaired) electrons. The van der Waals surface area contributed by atoms with Crippen molar-refractivity contribution < 1.29 is 9.53 Å². The van der Waals surface area contributed by atoms with Gasteiger partial charge in [0.25, 0.3) is 5.91 Å². The van der Waals surface area contributed by atoms with E-state index < -0.39 is 0 Å². The van der Waals surface area contributed by atoms with Crippen LogP contribution in [0, 0.1) is 0 Å². The van der Waals surface area contributed by atoms with Crippen LogP contribution in [0.5, 0.6) is 0 Å². The van der Waals surface area contributed by atoms with Gasteiger partial charge in [-0.05, 0) is 43.1 Å². The molecule has 1 aromatic carbocycles. The Morgan fingerprint density at radius 3 is 2.55 bits per heavy atom. The van der Waals surface area contributed by atoms with Gasteiger partial charge in [0.05, 0.1) is 17.1 Å². The van der Waals surface area contributed by atoms with E-state index in [4.69, 9.17) is 16.3 Å². The van der Waals surface area contributed by atoms with Crippen molar-refractivity contribution in [2.24, 2.45) is 0 Å². The van der Waals surface area contributed by atoms with Crippen molar-refractivity contribution in [1.29, 1.82) is 0 Å². The van der Waals surface area contributed by atoms with Crippen LogP contribution in [0.4, 0.5) is 0 Å². The molecule has 1 aliphatic heterocycles. The Bertz CT molecular complexity index is 664. The average Bonchev–Trinajstić information content (AvgIpc) is 2.95. The van der Waals surface area contributed by atoms with Crippen LogP contribution in [0.25, 0.3) is 10.4 Å². The van der Waals surface area contributed by atoms with Gasteiger partial charge in [-0.25, -0.2) is 0 Å². The largest absolute Gasteiger partial charge is 0.372 e. The maximum atomic E-state index is 12.8. The van der Waals surface area contributed by atoms with Crippen LogP contribution < -0.4 is 0 Å². The Hall–Kier alpha value is -1.50. The fraction of sp³-hybridized carbons (Fsp3) is 0.400. The summed E-state index contributed by atoms with van der Waals surface area (Å²) in [6.07, 6.45) is 0.0524. The number of hydrogen-bond donors (Lipinski definition) is 0. The average molecular weight is 338 g/mol. The first-order valence-electron chi connectivity index (χ1n) is 7.07. The van der Waals surface area contributed by atoms with Gasteiger partial charge in [0.2, 0.25) is 0 Å². The zero-order valence-corrected chi connectivity index (χ0v) is 13.9. The lowest BCUT2D eigenvalue weighted by Gasteiger charge is -2.35. The Kier molecular flexibility index (Phi) is 4.42. The second kappa shape index (κ2) is 6.32. The number of benzene rings is 1. The standard InChI is InChI=1S/C15H16ClN3O2S/c1-9-7-19(8-10(2)21-9)15(20)13-14(22-18-17-13)11-3-5-12(16)6-4-11/h3-6,9-10H,7-8H2,1-2H3/t9-,10-/m0/s1. The summed E-state index contributed by atoms with van der Waals surface area (Å²) in [6, 6.07) is 7.34. The highest BCUT2D eigenvalue weighted by Gasteiger charge is 2.29. The molecule has 7 heteroatoms. The number of carbonyl (C=O) groups excluding carboxylic acids is 1. The third-order valence-electron chi connectivity index (χ3n) is 3.50. The van der Waals surface area contributed by atoms with Crippen LogP contribution in [0.15, 0.2) is 24.3 Å². The molecule has 0 unspecified atom stereocenters. The topological polar surface area (TPSA) is 55.3 Å². The van der Waals surface area contributed by atoms with Gasteiger partial charge >= 0.3 is 0 Å². The number of hydrogen-bond acceptors (Lipinski definition) is 5. The normalized spacial score (nSPS) is 21.9. The van der Waals surface area contributed by atoms with E-state index in [0.717, 1.165) is 10.4 Å². The molecule has 1 fully saturated rings. The second-order valence-electron chi connectivity index (χ2n) is 5.43. The Balaban J connectivity index is 1.88. The highest BCUT2D eigenvalue weighted by Crippen LogP contribution is 2.28. The van der Waals surface area contributed by atoms with E-state index in [1.807, 2.05) is 26.0 Å². The first kappa shape index (κ1) is 15.4. The summed E-state index contributed by atoms with van der Waals surface area (Å²) < 4.78 is 9.62. The molecule has 0 bridgehead atoms. The van der Waals surface area contributed by atoms with Crippen molar-refractivity contribution in [3.8, 4) is 10.4 Å². The molecule has 0 spiro atoms. The zero-order chi connectivity index (χ0) is 15.7. The number of carbonyl (C=O) groups is 1. The maximum absolute atomic E-state index is 12.8. The first-order valence-corrected chi connectivity index (χ1v) is 8.22. The van der Waals surface area contributed by atoms with Crippen molar-refractivity contribution in [1.82, 2.24) is 14.5 Å². The molecule has 22 heavy (non-hydrogen) atoms. The van der Waals surface area contributed by atoms with Crippen molar-refractivity contribution in [2.45, 2.75) is 26.1 Å². The van der Waals surface area contributed by atoms with Crippen LogP contribution in [0.2, 0.25) is 5.02 Å². The maximum Gasteiger partial charge on any atom is 0.276 e. The van der Waals surface area contributed by atoms with Gasteiger partial charge in [-0.1, -0.05) is 28.2 Å². The molecule has 2 aromatic rings. The van der Waals surface area contributed by atoms with E-state index in [9.17, 15) is 4.79 Å². The summed E-state index contributed by atoms with van der Waals surface area (Å²) in [6.45, 7) is 5.08. The summed E-state index contributed by atoms with van der Waals surface area (Å²) in [5, 5.41) is 4.70. The highest BCUT2D eigenvalue weighted by molar-refractivity contribution is 7.09. The van der Waals surface area contributed by atoms with E-state index in [-0.39, 0.29) is 18.1 Å². The minimum absolute atomic E-state index is 0.0262. The smallest absolute Gasteiger partial charge is 0.276 e. The van der Waals surface area contributed by atoms with E-state index in [0.29, 0.717) is 23.8 Å². The lowest BCUT2D eigenvalue weighted by atomic mass is 10.1. The number of rotatable bonds is 2. The summed E-state index contributed by atoms with van der Waals surface area (Å²) in [5.74, 6) is -0.0966. The molecule has 1 saturated heterocycles. The molecule has 1 aliphatic rings. The number of halogens is 1. The molecular weight excluding hydrogens is 322 g/mol. The molecule has 116 valence electrons. The number of ether oxygens (including phenoxy) is 1. The third-order valence-corrected chi connectivity index (χ3v) is 4.53. The molecule has 5 nitrogen and oxygen atoms in total.